The maximum atomic E-state index is 13.5. The van der Waals surface area contributed by atoms with Gasteiger partial charge in [0, 0.05) is 18.7 Å². The number of nitrogens with zero attached hydrogens (tertiary/aromatic N) is 1. The lowest BCUT2D eigenvalue weighted by molar-refractivity contribution is -0.117. The summed E-state index contributed by atoms with van der Waals surface area (Å²) >= 11 is 0. The molecule has 1 fully saturated rings. The summed E-state index contributed by atoms with van der Waals surface area (Å²) in [6.07, 6.45) is 0.221. The van der Waals surface area contributed by atoms with E-state index in [1.54, 1.807) is 17.0 Å². The van der Waals surface area contributed by atoms with Gasteiger partial charge in [-0.15, -0.1) is 0 Å². The summed E-state index contributed by atoms with van der Waals surface area (Å²) in [5, 5.41) is 5.18. The van der Waals surface area contributed by atoms with E-state index in [4.69, 9.17) is 0 Å². The van der Waals surface area contributed by atoms with Gasteiger partial charge in [0.05, 0.1) is 11.7 Å². The van der Waals surface area contributed by atoms with Crippen LogP contribution in [-0.4, -0.2) is 24.5 Å². The van der Waals surface area contributed by atoms with Crippen LogP contribution < -0.4 is 15.5 Å². The smallest absolute Gasteiger partial charge is 0.319 e. The van der Waals surface area contributed by atoms with E-state index in [1.165, 1.54) is 12.1 Å². The Balaban J connectivity index is 1.61. The SMILES string of the molecule is Cc1ccc(N2C[C@@H](NC(=O)Nc3ccccc3F)CC2=O)cc1. The van der Waals surface area contributed by atoms with Crippen LogP contribution in [0.2, 0.25) is 0 Å². The van der Waals surface area contributed by atoms with Gasteiger partial charge in [0.1, 0.15) is 5.82 Å². The largest absolute Gasteiger partial charge is 0.333 e. The molecule has 0 bridgehead atoms. The van der Waals surface area contributed by atoms with Crippen LogP contribution in [0.5, 0.6) is 0 Å². The second-order valence-electron chi connectivity index (χ2n) is 5.82. The number of carbonyl (C=O) groups excluding carboxylic acids is 2. The van der Waals surface area contributed by atoms with Crippen molar-refractivity contribution in [2.24, 2.45) is 0 Å². The molecule has 5 nitrogen and oxygen atoms in total. The molecule has 0 unspecified atom stereocenters. The summed E-state index contributed by atoms with van der Waals surface area (Å²) in [6, 6.07) is 12.7. The average Bonchev–Trinajstić information content (AvgIpc) is 2.90. The van der Waals surface area contributed by atoms with Gasteiger partial charge in [-0.25, -0.2) is 9.18 Å². The summed E-state index contributed by atoms with van der Waals surface area (Å²) < 4.78 is 13.5. The van der Waals surface area contributed by atoms with Crippen molar-refractivity contribution in [1.82, 2.24) is 5.32 Å². The van der Waals surface area contributed by atoms with Crippen LogP contribution in [0.4, 0.5) is 20.6 Å². The quantitative estimate of drug-likeness (QED) is 0.910. The van der Waals surface area contributed by atoms with Crippen molar-refractivity contribution < 1.29 is 14.0 Å². The second kappa shape index (κ2) is 6.70. The molecule has 6 heteroatoms. The van der Waals surface area contributed by atoms with E-state index in [0.29, 0.717) is 6.54 Å². The van der Waals surface area contributed by atoms with Gasteiger partial charge in [0.25, 0.3) is 0 Å². The fraction of sp³-hybridized carbons (Fsp3) is 0.222. The third-order valence-corrected chi connectivity index (χ3v) is 3.93. The molecule has 0 aromatic heterocycles. The topological polar surface area (TPSA) is 61.4 Å². The minimum Gasteiger partial charge on any atom is -0.333 e. The van der Waals surface area contributed by atoms with Crippen molar-refractivity contribution in [1.29, 1.82) is 0 Å². The molecule has 24 heavy (non-hydrogen) atoms. The Morgan fingerprint density at radius 1 is 1.17 bits per heavy atom. The molecular formula is C18H18FN3O2. The lowest BCUT2D eigenvalue weighted by Crippen LogP contribution is -2.39. The molecule has 1 heterocycles. The van der Waals surface area contributed by atoms with Gasteiger partial charge < -0.3 is 15.5 Å². The number of para-hydroxylation sites is 1. The molecule has 2 aromatic rings. The highest BCUT2D eigenvalue weighted by Gasteiger charge is 2.31. The van der Waals surface area contributed by atoms with Crippen LogP contribution in [0, 0.1) is 12.7 Å². The predicted molar refractivity (Wildman–Crippen MR) is 90.5 cm³/mol. The fourth-order valence-corrected chi connectivity index (χ4v) is 2.68. The number of hydrogen-bond acceptors (Lipinski definition) is 2. The zero-order valence-electron chi connectivity index (χ0n) is 13.3. The number of urea groups is 1. The first-order valence-corrected chi connectivity index (χ1v) is 7.72. The first kappa shape index (κ1) is 16.0. The van der Waals surface area contributed by atoms with Crippen molar-refractivity contribution >= 4 is 23.3 Å². The molecule has 3 amide bonds. The fourth-order valence-electron chi connectivity index (χ4n) is 2.68. The van der Waals surface area contributed by atoms with Crippen LogP contribution in [0.15, 0.2) is 48.5 Å². The number of halogens is 1. The number of benzene rings is 2. The number of anilines is 2. The number of carbonyl (C=O) groups is 2. The molecule has 2 aromatic carbocycles. The van der Waals surface area contributed by atoms with E-state index >= 15 is 0 Å². The molecular weight excluding hydrogens is 309 g/mol. The van der Waals surface area contributed by atoms with E-state index in [0.717, 1.165) is 11.3 Å². The number of aryl methyl sites for hydroxylation is 1. The van der Waals surface area contributed by atoms with Gasteiger partial charge in [-0.2, -0.15) is 0 Å². The summed E-state index contributed by atoms with van der Waals surface area (Å²) in [5.74, 6) is -0.550. The summed E-state index contributed by atoms with van der Waals surface area (Å²) in [6.45, 7) is 2.37. The number of nitrogens with one attached hydrogen (secondary N) is 2. The first-order valence-electron chi connectivity index (χ1n) is 7.72. The Bertz CT molecular complexity index is 761. The highest BCUT2D eigenvalue weighted by Crippen LogP contribution is 2.22. The van der Waals surface area contributed by atoms with Gasteiger partial charge in [-0.1, -0.05) is 29.8 Å². The van der Waals surface area contributed by atoms with E-state index in [-0.39, 0.29) is 24.1 Å². The third-order valence-electron chi connectivity index (χ3n) is 3.93. The van der Waals surface area contributed by atoms with Crippen LogP contribution in [-0.2, 0) is 4.79 Å². The maximum absolute atomic E-state index is 13.5. The molecule has 3 rings (SSSR count). The molecule has 1 saturated heterocycles. The average molecular weight is 327 g/mol. The Morgan fingerprint density at radius 3 is 2.58 bits per heavy atom. The van der Waals surface area contributed by atoms with Gasteiger partial charge in [0.15, 0.2) is 0 Å². The minimum absolute atomic E-state index is 0.0463. The van der Waals surface area contributed by atoms with E-state index in [9.17, 15) is 14.0 Å². The highest BCUT2D eigenvalue weighted by atomic mass is 19.1. The predicted octanol–water partition coefficient (Wildman–Crippen LogP) is 3.06. The molecule has 0 radical (unpaired) electrons. The standard InChI is InChI=1S/C18H18FN3O2/c1-12-6-8-14(9-7-12)22-11-13(10-17(22)23)20-18(24)21-16-5-3-2-4-15(16)19/h2-9,13H,10-11H2,1H3,(H2,20,21,24)/t13-/m0/s1. The van der Waals surface area contributed by atoms with Crippen molar-refractivity contribution in [3.05, 3.63) is 59.9 Å². The molecule has 0 aliphatic carbocycles. The normalized spacial score (nSPS) is 17.0. The van der Waals surface area contributed by atoms with Crippen molar-refractivity contribution in [2.45, 2.75) is 19.4 Å². The van der Waals surface area contributed by atoms with Crippen molar-refractivity contribution in [2.75, 3.05) is 16.8 Å². The molecule has 0 saturated carbocycles. The zero-order valence-corrected chi connectivity index (χ0v) is 13.3. The number of rotatable bonds is 3. The van der Waals surface area contributed by atoms with Crippen LogP contribution >= 0.6 is 0 Å². The summed E-state index contributed by atoms with van der Waals surface area (Å²) in [5.41, 5.74) is 2.03. The molecule has 1 aliphatic heterocycles. The minimum atomic E-state index is -0.524. The maximum Gasteiger partial charge on any atom is 0.319 e. The Kier molecular flexibility index (Phi) is 4.46. The second-order valence-corrected chi connectivity index (χ2v) is 5.82. The number of amides is 3. The zero-order chi connectivity index (χ0) is 17.1. The molecule has 1 atom stereocenters. The van der Waals surface area contributed by atoms with Crippen molar-refractivity contribution in [3.8, 4) is 0 Å². The van der Waals surface area contributed by atoms with Crippen LogP contribution in [0.25, 0.3) is 0 Å². The van der Waals surface area contributed by atoms with Gasteiger partial charge in [-0.3, -0.25) is 4.79 Å². The Morgan fingerprint density at radius 2 is 1.88 bits per heavy atom. The third kappa shape index (κ3) is 3.53. The van der Waals surface area contributed by atoms with Crippen molar-refractivity contribution in [3.63, 3.8) is 0 Å². The Hall–Kier alpha value is -2.89. The van der Waals surface area contributed by atoms with E-state index in [1.807, 2.05) is 31.2 Å². The lowest BCUT2D eigenvalue weighted by atomic mass is 10.2. The Labute approximate surface area is 139 Å². The van der Waals surface area contributed by atoms with Crippen LogP contribution in [0.3, 0.4) is 0 Å². The van der Waals surface area contributed by atoms with Gasteiger partial charge >= 0.3 is 6.03 Å². The molecule has 1 aliphatic rings. The lowest BCUT2D eigenvalue weighted by Gasteiger charge is -2.17. The van der Waals surface area contributed by atoms with Gasteiger partial charge in [-0.05, 0) is 31.2 Å². The molecule has 124 valence electrons. The summed E-state index contributed by atoms with van der Waals surface area (Å²) in [7, 11) is 0. The first-order chi connectivity index (χ1) is 11.5. The summed E-state index contributed by atoms with van der Waals surface area (Å²) in [4.78, 5) is 25.8. The highest BCUT2D eigenvalue weighted by molar-refractivity contribution is 5.97. The molecule has 0 spiro atoms. The van der Waals surface area contributed by atoms with E-state index < -0.39 is 11.8 Å². The molecule has 2 N–H and O–H groups in total. The van der Waals surface area contributed by atoms with Crippen LogP contribution in [0.1, 0.15) is 12.0 Å². The van der Waals surface area contributed by atoms with E-state index in [2.05, 4.69) is 10.6 Å². The van der Waals surface area contributed by atoms with Gasteiger partial charge in [0.2, 0.25) is 5.91 Å². The monoisotopic (exact) mass is 327 g/mol. The number of hydrogen-bond donors (Lipinski definition) is 2.